The van der Waals surface area contributed by atoms with Gasteiger partial charge >= 0.3 is 0 Å². The summed E-state index contributed by atoms with van der Waals surface area (Å²) < 4.78 is 84.7. The van der Waals surface area contributed by atoms with E-state index in [-0.39, 0.29) is 187 Å². The number of alkyl halides is 2. The first-order valence-corrected chi connectivity index (χ1v) is 34.2. The molecule has 0 amide bonds. The maximum absolute atomic E-state index is 10.6. The van der Waals surface area contributed by atoms with E-state index < -0.39 is 12.4 Å². The summed E-state index contributed by atoms with van der Waals surface area (Å²) in [6, 6.07) is 0. The van der Waals surface area contributed by atoms with Crippen LogP contribution in [-0.4, -0.2) is 146 Å². The van der Waals surface area contributed by atoms with E-state index >= 15 is 0 Å². The SMILES string of the molecule is CCC1O[C@@H](O[C@H]2C(C)C(C)[C@H](O[C@@H]3C(CC)OC(O)C(C)[C@H]3C)O[C@H]2CC)C(C)[C@@H](C)[C@@H]1O.CCC1O[C@@H](O[C@H]2C(C)C(C)[C@H](O[C@@H]3C(CC)O[C@@H](O[C@H]4C(C)C(C)[C@H](OC)O[C@H]4CC)C(C)[C@H]3C)O[C@H]2CC)C(C)[C@@H](C)[C@@H]1C.ClCCl. The molecule has 35 atom stereocenters. The van der Waals surface area contributed by atoms with Crippen LogP contribution in [0.2, 0.25) is 0 Å². The van der Waals surface area contributed by atoms with Crippen LogP contribution in [0.25, 0.3) is 0 Å². The van der Waals surface area contributed by atoms with Gasteiger partial charge in [-0.15, -0.1) is 23.2 Å². The highest BCUT2D eigenvalue weighted by Crippen LogP contribution is 2.46. The molecule has 0 saturated carbocycles. The first-order valence-electron chi connectivity index (χ1n) is 33.2. The number of ether oxygens (including phenoxy) is 13. The van der Waals surface area contributed by atoms with Crippen molar-refractivity contribution in [3.8, 4) is 0 Å². The Morgan fingerprint density at radius 2 is 0.506 bits per heavy atom. The van der Waals surface area contributed by atoms with E-state index in [0.717, 1.165) is 44.9 Å². The molecule has 17 heteroatoms. The standard InChI is InChI=1S/C38H70O8.C27H50O7.CH2Cl2/c1-15-28-20(6)19(5)24(10)36(40-28)44-33-22(8)26(12)38(42-30(33)17-3)46-34-23(9)27(13)37(43-31(34)18-4)45-32-21(7)25(11)35(39-14)41-29(32)16-2;1-10-19-22(28)13(4)17(8)26(31-19)34-24-15(6)18(9)27(32-21(24)12-3)33-23-14(5)16(7)25(29)30-20(23)11-2;2-1-3/h19-38H,15-18H2,1-14H3;13-29H,10-12H2,1-9H3;1H2/t19-,20-,21?,22?,23+,24?,25?,26?,27?,28?,29-,30-,31?,32-,33-,34-,35+,36-,37-,38-;13-,14-,15?,16?,17?,18?,19?,20?,21+,22+,23+,24+,25?,26+,27+;/m01./s1. The highest BCUT2D eigenvalue weighted by molar-refractivity contribution is 6.40. The van der Waals surface area contributed by atoms with Gasteiger partial charge < -0.3 is 71.8 Å². The van der Waals surface area contributed by atoms with Gasteiger partial charge in [0.1, 0.15) is 0 Å². The van der Waals surface area contributed by atoms with Gasteiger partial charge in [0.05, 0.1) is 84.7 Å². The summed E-state index contributed by atoms with van der Waals surface area (Å²) in [5, 5.41) is 21.0. The number of halogens is 2. The van der Waals surface area contributed by atoms with Crippen molar-refractivity contribution in [2.75, 3.05) is 12.4 Å². The molecule has 0 bridgehead atoms. The lowest BCUT2D eigenvalue weighted by atomic mass is 9.78. The van der Waals surface area contributed by atoms with Gasteiger partial charge in [0, 0.05) is 48.5 Å². The fraction of sp³-hybridized carbons (Fsp3) is 1.00. The smallest absolute Gasteiger partial charge is 0.161 e. The summed E-state index contributed by atoms with van der Waals surface area (Å²) in [5.74, 6) is 3.33. The summed E-state index contributed by atoms with van der Waals surface area (Å²) in [7, 11) is 1.73. The van der Waals surface area contributed by atoms with Gasteiger partial charge in [0.25, 0.3) is 0 Å². The van der Waals surface area contributed by atoms with E-state index in [2.05, 4.69) is 138 Å². The molecule has 0 aliphatic carbocycles. The Bertz CT molecular complexity index is 1810. The highest BCUT2D eigenvalue weighted by Gasteiger charge is 2.53. The molecule has 490 valence electrons. The molecular formula is C66H122Cl2O15. The number of aliphatic hydroxyl groups excluding tert-OH is 2. The second-order valence-corrected chi connectivity index (χ2v) is 27.7. The maximum atomic E-state index is 10.6. The van der Waals surface area contributed by atoms with Crippen LogP contribution in [-0.2, 0) is 61.6 Å². The normalized spacial score (nSPS) is 50.6. The lowest BCUT2D eigenvalue weighted by Crippen LogP contribution is -2.59. The van der Waals surface area contributed by atoms with Crippen molar-refractivity contribution in [1.82, 2.24) is 0 Å². The fourth-order valence-corrected chi connectivity index (χ4v) is 14.4. The molecule has 0 radical (unpaired) electrons. The summed E-state index contributed by atoms with van der Waals surface area (Å²) in [4.78, 5) is 0. The number of rotatable bonds is 18. The van der Waals surface area contributed by atoms with E-state index in [1.807, 2.05) is 13.8 Å². The zero-order valence-corrected chi connectivity index (χ0v) is 57.3. The average Bonchev–Trinajstić information content (AvgIpc) is 3.24. The van der Waals surface area contributed by atoms with Crippen molar-refractivity contribution in [3.63, 3.8) is 0 Å². The zero-order chi connectivity index (χ0) is 62.1. The predicted octanol–water partition coefficient (Wildman–Crippen LogP) is 13.8. The number of hydrogen-bond acceptors (Lipinski definition) is 15. The molecule has 7 fully saturated rings. The van der Waals surface area contributed by atoms with Gasteiger partial charge in [-0.1, -0.05) is 152 Å². The van der Waals surface area contributed by atoms with Gasteiger partial charge in [-0.3, -0.25) is 0 Å². The van der Waals surface area contributed by atoms with Gasteiger partial charge in [-0.25, -0.2) is 0 Å². The second-order valence-electron chi connectivity index (χ2n) is 26.9. The summed E-state index contributed by atoms with van der Waals surface area (Å²) in [6.07, 6.45) is 2.00. The van der Waals surface area contributed by atoms with E-state index in [9.17, 15) is 10.2 Å². The van der Waals surface area contributed by atoms with Crippen molar-refractivity contribution in [2.24, 2.45) is 88.8 Å². The van der Waals surface area contributed by atoms with Gasteiger partial charge in [-0.05, 0) is 92.3 Å². The third-order valence-electron chi connectivity index (χ3n) is 22.3. The van der Waals surface area contributed by atoms with E-state index in [1.54, 1.807) is 7.11 Å². The van der Waals surface area contributed by atoms with Crippen molar-refractivity contribution >= 4 is 23.2 Å². The molecule has 7 heterocycles. The van der Waals surface area contributed by atoms with Crippen molar-refractivity contribution in [3.05, 3.63) is 0 Å². The van der Waals surface area contributed by atoms with Gasteiger partial charge in [0.15, 0.2) is 44.0 Å². The fourth-order valence-electron chi connectivity index (χ4n) is 14.4. The van der Waals surface area contributed by atoms with Crippen LogP contribution >= 0.6 is 23.2 Å². The predicted molar refractivity (Wildman–Crippen MR) is 326 cm³/mol. The average molecular weight is 1230 g/mol. The van der Waals surface area contributed by atoms with Crippen LogP contribution < -0.4 is 0 Å². The summed E-state index contributed by atoms with van der Waals surface area (Å²) >= 11 is 9.53. The number of aliphatic hydroxyl groups is 2. The molecule has 0 aromatic rings. The minimum atomic E-state index is -0.755. The van der Waals surface area contributed by atoms with Gasteiger partial charge in [-0.2, -0.15) is 0 Å². The first-order chi connectivity index (χ1) is 39.3. The third-order valence-corrected chi connectivity index (χ3v) is 22.3. The lowest BCUT2D eigenvalue weighted by molar-refractivity contribution is -0.358. The Kier molecular flexibility index (Phi) is 30.1. The number of methoxy groups -OCH3 is 1. The summed E-state index contributed by atoms with van der Waals surface area (Å²) in [6.45, 7) is 48.1. The second kappa shape index (κ2) is 33.9. The Morgan fingerprint density at radius 1 is 0.277 bits per heavy atom. The van der Waals surface area contributed by atoms with Crippen LogP contribution in [0.1, 0.15) is 197 Å². The monoisotopic (exact) mass is 1220 g/mol. The zero-order valence-electron chi connectivity index (χ0n) is 55.8. The third kappa shape index (κ3) is 16.9. The van der Waals surface area contributed by atoms with Crippen molar-refractivity contribution in [2.45, 2.75) is 321 Å². The van der Waals surface area contributed by atoms with Crippen molar-refractivity contribution < 1.29 is 71.8 Å². The Morgan fingerprint density at radius 3 is 0.807 bits per heavy atom. The van der Waals surface area contributed by atoms with Crippen LogP contribution in [0.3, 0.4) is 0 Å². The molecule has 7 aliphatic heterocycles. The molecule has 15 nitrogen and oxygen atoms in total. The molecule has 0 spiro atoms. The molecule has 83 heavy (non-hydrogen) atoms. The molecule has 0 aromatic carbocycles. The minimum Gasteiger partial charge on any atom is -0.390 e. The van der Waals surface area contributed by atoms with Crippen LogP contribution in [0.15, 0.2) is 0 Å². The minimum absolute atomic E-state index is 0.00374. The highest BCUT2D eigenvalue weighted by atomic mass is 35.5. The number of hydrogen-bond donors (Lipinski definition) is 2. The van der Waals surface area contributed by atoms with Gasteiger partial charge in [0.2, 0.25) is 0 Å². The van der Waals surface area contributed by atoms with E-state index in [0.29, 0.717) is 17.8 Å². The van der Waals surface area contributed by atoms with Crippen LogP contribution in [0.4, 0.5) is 0 Å². The van der Waals surface area contributed by atoms with Crippen LogP contribution in [0.5, 0.6) is 0 Å². The molecule has 15 unspecified atom stereocenters. The summed E-state index contributed by atoms with van der Waals surface area (Å²) in [5.41, 5.74) is 0. The maximum Gasteiger partial charge on any atom is 0.161 e. The van der Waals surface area contributed by atoms with Crippen molar-refractivity contribution in [1.29, 1.82) is 0 Å². The Hall–Kier alpha value is -0.0200. The quantitative estimate of drug-likeness (QED) is 0.125. The molecule has 7 rings (SSSR count). The molecule has 7 saturated heterocycles. The lowest BCUT2D eigenvalue weighted by Gasteiger charge is -2.52. The molecular weight excluding hydrogens is 1100 g/mol. The topological polar surface area (TPSA) is 160 Å². The van der Waals surface area contributed by atoms with Crippen LogP contribution in [0, 0.1) is 88.8 Å². The van der Waals surface area contributed by atoms with E-state index in [4.69, 9.17) is 84.8 Å². The molecule has 0 aromatic heterocycles. The Labute approximate surface area is 514 Å². The largest absolute Gasteiger partial charge is 0.390 e. The molecule has 7 aliphatic rings. The first kappa shape index (κ1) is 73.7. The molecule has 2 N–H and O–H groups in total. The Balaban J connectivity index is 0.000000302. The van der Waals surface area contributed by atoms with E-state index in [1.165, 1.54) is 0 Å².